The van der Waals surface area contributed by atoms with Gasteiger partial charge in [-0.25, -0.2) is 0 Å². The highest BCUT2D eigenvalue weighted by Gasteiger charge is 2.47. The van der Waals surface area contributed by atoms with Crippen LogP contribution in [-0.2, 0) is 0 Å². The van der Waals surface area contributed by atoms with Crippen molar-refractivity contribution in [2.45, 2.75) is 78.4 Å². The average Bonchev–Trinajstić information content (AvgIpc) is 2.47. The number of carbonyl (C=O) groups is 1. The zero-order valence-corrected chi connectivity index (χ0v) is 17.4. The van der Waals surface area contributed by atoms with E-state index in [9.17, 15) is 4.79 Å². The Labute approximate surface area is 147 Å². The van der Waals surface area contributed by atoms with Gasteiger partial charge in [-0.15, -0.1) is 0 Å². The summed E-state index contributed by atoms with van der Waals surface area (Å²) < 4.78 is 12.7. The number of Topliss-reactive ketones (excluding diaryl/α,β-unsaturated/α-hetero) is 1. The summed E-state index contributed by atoms with van der Waals surface area (Å²) in [5, 5.41) is 0. The SMILES string of the molecule is Cc1cc2c(c(C)c1O[Si](C(C)C)(C(C)C)C(C)C)OCCC2=O. The molecule has 0 unspecified atom stereocenters. The standard InChI is InChI=1S/C20H32O3Si/c1-12(2)24(13(3)4,14(5)6)23-19-15(7)11-17-18(21)9-10-22-20(17)16(19)8/h11-14H,9-10H2,1-8H3. The minimum Gasteiger partial charge on any atom is -0.542 e. The van der Waals surface area contributed by atoms with E-state index in [4.69, 9.17) is 9.16 Å². The summed E-state index contributed by atoms with van der Waals surface area (Å²) in [6.07, 6.45) is 0.467. The first-order valence-corrected chi connectivity index (χ1v) is 11.3. The lowest BCUT2D eigenvalue weighted by molar-refractivity contribution is 0.0932. The molecule has 0 fully saturated rings. The molecule has 2 rings (SSSR count). The lowest BCUT2D eigenvalue weighted by Gasteiger charge is -2.43. The molecular formula is C20H32O3Si. The first-order valence-electron chi connectivity index (χ1n) is 9.12. The lowest BCUT2D eigenvalue weighted by atomic mass is 9.98. The molecule has 1 aliphatic rings. The molecule has 24 heavy (non-hydrogen) atoms. The van der Waals surface area contributed by atoms with E-state index >= 15 is 0 Å². The van der Waals surface area contributed by atoms with E-state index in [0.29, 0.717) is 29.7 Å². The predicted octanol–water partition coefficient (Wildman–Crippen LogP) is 5.82. The quantitative estimate of drug-likeness (QED) is 0.629. The number of aryl methyl sites for hydroxylation is 1. The molecular weight excluding hydrogens is 316 g/mol. The van der Waals surface area contributed by atoms with Crippen LogP contribution >= 0.6 is 0 Å². The fourth-order valence-electron chi connectivity index (χ4n) is 4.41. The second-order valence-corrected chi connectivity index (χ2v) is 13.3. The Morgan fingerprint density at radius 2 is 1.58 bits per heavy atom. The molecule has 0 bridgehead atoms. The van der Waals surface area contributed by atoms with Crippen LogP contribution in [-0.4, -0.2) is 20.7 Å². The Morgan fingerprint density at radius 3 is 2.08 bits per heavy atom. The third-order valence-corrected chi connectivity index (χ3v) is 11.5. The fourth-order valence-corrected chi connectivity index (χ4v) is 9.78. The Balaban J connectivity index is 2.58. The monoisotopic (exact) mass is 348 g/mol. The molecule has 134 valence electrons. The number of rotatable bonds is 5. The van der Waals surface area contributed by atoms with Gasteiger partial charge in [-0.3, -0.25) is 4.79 Å². The van der Waals surface area contributed by atoms with Crippen molar-refractivity contribution in [3.05, 3.63) is 22.8 Å². The van der Waals surface area contributed by atoms with Gasteiger partial charge in [0.25, 0.3) is 8.32 Å². The van der Waals surface area contributed by atoms with Crippen LogP contribution in [0.15, 0.2) is 6.07 Å². The highest BCUT2D eigenvalue weighted by atomic mass is 28.4. The van der Waals surface area contributed by atoms with Crippen LogP contribution in [0.2, 0.25) is 16.6 Å². The summed E-state index contributed by atoms with van der Waals surface area (Å²) in [6, 6.07) is 1.96. The molecule has 1 aromatic rings. The molecule has 0 amide bonds. The molecule has 1 heterocycles. The molecule has 3 nitrogen and oxygen atoms in total. The molecule has 1 aliphatic heterocycles. The van der Waals surface area contributed by atoms with E-state index in [0.717, 1.165) is 28.2 Å². The molecule has 0 saturated heterocycles. The van der Waals surface area contributed by atoms with Gasteiger partial charge >= 0.3 is 0 Å². The zero-order chi connectivity index (χ0) is 18.2. The minimum absolute atomic E-state index is 0.175. The van der Waals surface area contributed by atoms with Crippen LogP contribution in [0.4, 0.5) is 0 Å². The maximum atomic E-state index is 12.2. The molecule has 0 N–H and O–H groups in total. The van der Waals surface area contributed by atoms with Gasteiger partial charge in [0.2, 0.25) is 0 Å². The van der Waals surface area contributed by atoms with Gasteiger partial charge in [0.05, 0.1) is 12.2 Å². The van der Waals surface area contributed by atoms with Crippen molar-refractivity contribution in [1.82, 2.24) is 0 Å². The number of fused-ring (bicyclic) bond motifs is 1. The van der Waals surface area contributed by atoms with Crippen molar-refractivity contribution < 1.29 is 14.0 Å². The number of hydrogen-bond acceptors (Lipinski definition) is 3. The summed E-state index contributed by atoms with van der Waals surface area (Å²) in [5.74, 6) is 1.84. The molecule has 0 saturated carbocycles. The van der Waals surface area contributed by atoms with E-state index in [1.54, 1.807) is 0 Å². The summed E-state index contributed by atoms with van der Waals surface area (Å²) in [4.78, 5) is 12.2. The Bertz CT molecular complexity index is 610. The Hall–Kier alpha value is -1.29. The highest BCUT2D eigenvalue weighted by Crippen LogP contribution is 2.46. The number of hydrogen-bond donors (Lipinski definition) is 0. The lowest BCUT2D eigenvalue weighted by Crippen LogP contribution is -2.51. The van der Waals surface area contributed by atoms with Crippen molar-refractivity contribution in [2.24, 2.45) is 0 Å². The van der Waals surface area contributed by atoms with Crippen molar-refractivity contribution in [2.75, 3.05) is 6.61 Å². The Kier molecular flexibility index (Phi) is 5.48. The second-order valence-electron chi connectivity index (χ2n) is 7.97. The molecule has 4 heteroatoms. The largest absolute Gasteiger partial charge is 0.542 e. The van der Waals surface area contributed by atoms with Crippen molar-refractivity contribution in [3.63, 3.8) is 0 Å². The third-order valence-electron chi connectivity index (χ3n) is 5.51. The fraction of sp³-hybridized carbons (Fsp3) is 0.650. The van der Waals surface area contributed by atoms with E-state index in [-0.39, 0.29) is 5.78 Å². The minimum atomic E-state index is -2.03. The van der Waals surface area contributed by atoms with Crippen molar-refractivity contribution >= 4 is 14.1 Å². The number of ketones is 1. The molecule has 0 spiro atoms. The van der Waals surface area contributed by atoms with Gasteiger partial charge in [-0.2, -0.15) is 0 Å². The van der Waals surface area contributed by atoms with Crippen LogP contribution in [0.1, 0.15) is 69.4 Å². The van der Waals surface area contributed by atoms with E-state index in [1.165, 1.54) is 0 Å². The van der Waals surface area contributed by atoms with Crippen LogP contribution in [0, 0.1) is 13.8 Å². The summed E-state index contributed by atoms with van der Waals surface area (Å²) in [7, 11) is -2.03. The summed E-state index contributed by atoms with van der Waals surface area (Å²) in [5.41, 5.74) is 4.27. The maximum Gasteiger partial charge on any atom is 0.258 e. The smallest absolute Gasteiger partial charge is 0.258 e. The molecule has 0 radical (unpaired) electrons. The van der Waals surface area contributed by atoms with E-state index in [2.05, 4.69) is 41.5 Å². The summed E-state index contributed by atoms with van der Waals surface area (Å²) >= 11 is 0. The van der Waals surface area contributed by atoms with Gasteiger partial charge in [0.15, 0.2) is 5.78 Å². The predicted molar refractivity (Wildman–Crippen MR) is 102 cm³/mol. The zero-order valence-electron chi connectivity index (χ0n) is 16.4. The number of carbonyl (C=O) groups excluding carboxylic acids is 1. The van der Waals surface area contributed by atoms with Gasteiger partial charge in [0, 0.05) is 12.0 Å². The van der Waals surface area contributed by atoms with Crippen molar-refractivity contribution in [1.29, 1.82) is 0 Å². The Morgan fingerprint density at radius 1 is 1.04 bits per heavy atom. The van der Waals surface area contributed by atoms with Crippen LogP contribution < -0.4 is 9.16 Å². The van der Waals surface area contributed by atoms with Crippen LogP contribution in [0.25, 0.3) is 0 Å². The maximum absolute atomic E-state index is 12.2. The van der Waals surface area contributed by atoms with Gasteiger partial charge in [-0.05, 0) is 42.1 Å². The topological polar surface area (TPSA) is 35.5 Å². The van der Waals surface area contributed by atoms with Gasteiger partial charge < -0.3 is 9.16 Å². The van der Waals surface area contributed by atoms with E-state index in [1.807, 2.05) is 19.9 Å². The first kappa shape index (κ1) is 19.0. The molecule has 1 aromatic carbocycles. The van der Waals surface area contributed by atoms with E-state index < -0.39 is 8.32 Å². The third kappa shape index (κ3) is 3.01. The van der Waals surface area contributed by atoms with Crippen LogP contribution in [0.3, 0.4) is 0 Å². The average molecular weight is 349 g/mol. The second kappa shape index (κ2) is 6.91. The van der Waals surface area contributed by atoms with Crippen LogP contribution in [0.5, 0.6) is 11.5 Å². The van der Waals surface area contributed by atoms with Gasteiger partial charge in [0.1, 0.15) is 11.5 Å². The number of benzene rings is 1. The molecule has 0 aliphatic carbocycles. The normalized spacial score (nSPS) is 15.0. The summed E-state index contributed by atoms with van der Waals surface area (Å²) in [6.45, 7) is 18.3. The highest BCUT2D eigenvalue weighted by molar-refractivity contribution is 6.78. The number of ether oxygens (including phenoxy) is 1. The molecule has 0 aromatic heterocycles. The van der Waals surface area contributed by atoms with Crippen molar-refractivity contribution in [3.8, 4) is 11.5 Å². The first-order chi connectivity index (χ1) is 11.1. The van der Waals surface area contributed by atoms with Gasteiger partial charge in [-0.1, -0.05) is 41.5 Å². The molecule has 0 atom stereocenters.